The number of pyridine rings is 1. The van der Waals surface area contributed by atoms with Crippen LogP contribution in [0.3, 0.4) is 0 Å². The highest BCUT2D eigenvalue weighted by Crippen LogP contribution is 2.32. The Kier molecular flexibility index (Phi) is 4.41. The van der Waals surface area contributed by atoms with Crippen LogP contribution in [0.4, 0.5) is 0 Å². The molecule has 2 saturated heterocycles. The fraction of sp³-hybridized carbons (Fsp3) is 0.684. The number of hydrogen-bond donors (Lipinski definition) is 1. The number of carbonyl (C=O) groups excluding carboxylic acids is 1. The molecule has 25 heavy (non-hydrogen) atoms. The van der Waals surface area contributed by atoms with Crippen molar-refractivity contribution in [2.75, 3.05) is 33.7 Å². The van der Waals surface area contributed by atoms with E-state index in [0.717, 1.165) is 44.6 Å². The molecule has 2 fully saturated rings. The van der Waals surface area contributed by atoms with Crippen molar-refractivity contribution < 1.29 is 4.79 Å². The zero-order chi connectivity index (χ0) is 17.6. The summed E-state index contributed by atoms with van der Waals surface area (Å²) in [4.78, 5) is 29.3. The van der Waals surface area contributed by atoms with E-state index >= 15 is 0 Å². The number of likely N-dealkylation sites (N-methyl/N-ethyl adjacent to an activating group) is 1. The molecule has 0 spiro atoms. The van der Waals surface area contributed by atoms with E-state index in [-0.39, 0.29) is 17.5 Å². The van der Waals surface area contributed by atoms with Gasteiger partial charge in [-0.2, -0.15) is 0 Å². The predicted molar refractivity (Wildman–Crippen MR) is 96.5 cm³/mol. The first-order chi connectivity index (χ1) is 12.0. The van der Waals surface area contributed by atoms with Gasteiger partial charge in [-0.3, -0.25) is 14.5 Å². The second-order valence-electron chi connectivity index (χ2n) is 8.02. The molecule has 1 aromatic heterocycles. The SMILES string of the molecule is CN(C)C(=O)[C@@H]1CCCN1Cc1ccc2n(c1=O)C[C@@H]1CNC[C@H]2C1. The molecule has 2 bridgehead atoms. The van der Waals surface area contributed by atoms with Crippen LogP contribution in [0.25, 0.3) is 0 Å². The van der Waals surface area contributed by atoms with Gasteiger partial charge >= 0.3 is 0 Å². The van der Waals surface area contributed by atoms with Gasteiger partial charge in [0.2, 0.25) is 5.91 Å². The van der Waals surface area contributed by atoms with Gasteiger partial charge in [0.25, 0.3) is 5.56 Å². The molecule has 0 saturated carbocycles. The molecule has 6 nitrogen and oxygen atoms in total. The van der Waals surface area contributed by atoms with Gasteiger partial charge in [0.15, 0.2) is 0 Å². The molecule has 0 aromatic carbocycles. The first-order valence-corrected chi connectivity index (χ1v) is 9.43. The van der Waals surface area contributed by atoms with E-state index in [2.05, 4.69) is 16.3 Å². The number of nitrogens with zero attached hydrogens (tertiary/aromatic N) is 3. The molecule has 0 aliphatic carbocycles. The fourth-order valence-corrected chi connectivity index (χ4v) is 4.77. The molecule has 6 heteroatoms. The van der Waals surface area contributed by atoms with Crippen LogP contribution in [0.15, 0.2) is 16.9 Å². The molecule has 4 heterocycles. The predicted octanol–water partition coefficient (Wildman–Crippen LogP) is 0.608. The van der Waals surface area contributed by atoms with Crippen LogP contribution < -0.4 is 10.9 Å². The zero-order valence-corrected chi connectivity index (χ0v) is 15.2. The van der Waals surface area contributed by atoms with E-state index in [1.807, 2.05) is 10.6 Å². The monoisotopic (exact) mass is 344 g/mol. The van der Waals surface area contributed by atoms with Crippen molar-refractivity contribution in [1.82, 2.24) is 19.7 Å². The Morgan fingerprint density at radius 2 is 2.16 bits per heavy atom. The molecular weight excluding hydrogens is 316 g/mol. The van der Waals surface area contributed by atoms with E-state index in [9.17, 15) is 9.59 Å². The number of hydrogen-bond acceptors (Lipinski definition) is 4. The summed E-state index contributed by atoms with van der Waals surface area (Å²) in [5.74, 6) is 1.18. The number of aromatic nitrogens is 1. The van der Waals surface area contributed by atoms with Crippen LogP contribution in [0, 0.1) is 5.92 Å². The second-order valence-corrected chi connectivity index (χ2v) is 8.02. The van der Waals surface area contributed by atoms with Crippen LogP contribution in [-0.4, -0.2) is 60.0 Å². The number of nitrogens with one attached hydrogen (secondary N) is 1. The Balaban J connectivity index is 1.59. The quantitative estimate of drug-likeness (QED) is 0.873. The molecular formula is C19H28N4O2. The molecule has 4 rings (SSSR count). The maximum Gasteiger partial charge on any atom is 0.255 e. The van der Waals surface area contributed by atoms with Crippen LogP contribution in [0.2, 0.25) is 0 Å². The Morgan fingerprint density at radius 1 is 1.32 bits per heavy atom. The van der Waals surface area contributed by atoms with Gasteiger partial charge in [-0.25, -0.2) is 0 Å². The van der Waals surface area contributed by atoms with E-state index < -0.39 is 0 Å². The molecule has 1 amide bonds. The van der Waals surface area contributed by atoms with Gasteiger partial charge in [-0.15, -0.1) is 0 Å². The lowest BCUT2D eigenvalue weighted by Gasteiger charge is -2.37. The second kappa shape index (κ2) is 6.57. The summed E-state index contributed by atoms with van der Waals surface area (Å²) in [6, 6.07) is 4.06. The van der Waals surface area contributed by atoms with Crippen molar-refractivity contribution in [2.24, 2.45) is 5.92 Å². The standard InChI is InChI=1S/C19H28N4O2/c1-21(2)19(25)17-4-3-7-22(17)12-14-5-6-16-15-8-13(9-20-10-15)11-23(16)18(14)24/h5-6,13,15,17,20H,3-4,7-12H2,1-2H3/t13-,15+,17-/m0/s1. The smallest absolute Gasteiger partial charge is 0.255 e. The van der Waals surface area contributed by atoms with Crippen LogP contribution in [-0.2, 0) is 17.9 Å². The van der Waals surface area contributed by atoms with E-state index in [4.69, 9.17) is 0 Å². The van der Waals surface area contributed by atoms with Gasteiger partial charge in [-0.05, 0) is 44.3 Å². The maximum atomic E-state index is 13.1. The summed E-state index contributed by atoms with van der Waals surface area (Å²) in [7, 11) is 3.61. The van der Waals surface area contributed by atoms with Crippen molar-refractivity contribution >= 4 is 5.91 Å². The lowest BCUT2D eigenvalue weighted by Crippen LogP contribution is -2.46. The minimum Gasteiger partial charge on any atom is -0.347 e. The van der Waals surface area contributed by atoms with Gasteiger partial charge in [-0.1, -0.05) is 6.07 Å². The van der Waals surface area contributed by atoms with Crippen molar-refractivity contribution in [3.8, 4) is 0 Å². The highest BCUT2D eigenvalue weighted by molar-refractivity contribution is 5.81. The maximum absolute atomic E-state index is 13.1. The number of piperidine rings is 1. The van der Waals surface area contributed by atoms with Crippen LogP contribution in [0.1, 0.15) is 36.4 Å². The summed E-state index contributed by atoms with van der Waals surface area (Å²) >= 11 is 0. The first-order valence-electron chi connectivity index (χ1n) is 9.43. The van der Waals surface area contributed by atoms with Gasteiger partial charge in [0, 0.05) is 50.9 Å². The van der Waals surface area contributed by atoms with Crippen molar-refractivity contribution in [3.63, 3.8) is 0 Å². The molecule has 0 unspecified atom stereocenters. The minimum absolute atomic E-state index is 0.0842. The Bertz CT molecular complexity index is 727. The van der Waals surface area contributed by atoms with Crippen molar-refractivity contribution in [3.05, 3.63) is 33.7 Å². The average molecular weight is 344 g/mol. The van der Waals surface area contributed by atoms with E-state index in [1.54, 1.807) is 19.0 Å². The molecule has 1 aromatic rings. The number of amides is 1. The third kappa shape index (κ3) is 3.02. The Morgan fingerprint density at radius 3 is 2.96 bits per heavy atom. The summed E-state index contributed by atoms with van der Waals surface area (Å²) in [6.07, 6.45) is 3.10. The number of likely N-dealkylation sites (tertiary alicyclic amines) is 1. The molecule has 3 aliphatic heterocycles. The Hall–Kier alpha value is -1.66. The summed E-state index contributed by atoms with van der Waals surface area (Å²) in [5.41, 5.74) is 2.16. The largest absolute Gasteiger partial charge is 0.347 e. The minimum atomic E-state index is -0.0842. The lowest BCUT2D eigenvalue weighted by atomic mass is 9.84. The third-order valence-corrected chi connectivity index (χ3v) is 6.05. The average Bonchev–Trinajstić information content (AvgIpc) is 3.05. The van der Waals surface area contributed by atoms with E-state index in [0.29, 0.717) is 18.4 Å². The van der Waals surface area contributed by atoms with Gasteiger partial charge in [0.05, 0.1) is 6.04 Å². The summed E-state index contributed by atoms with van der Waals surface area (Å²) in [6.45, 7) is 4.28. The number of rotatable bonds is 3. The van der Waals surface area contributed by atoms with Gasteiger partial charge in [0.1, 0.15) is 0 Å². The Labute approximate surface area is 148 Å². The van der Waals surface area contributed by atoms with Gasteiger partial charge < -0.3 is 14.8 Å². The van der Waals surface area contributed by atoms with E-state index in [1.165, 1.54) is 12.1 Å². The summed E-state index contributed by atoms with van der Waals surface area (Å²) < 4.78 is 2.01. The lowest BCUT2D eigenvalue weighted by molar-refractivity contribution is -0.133. The fourth-order valence-electron chi connectivity index (χ4n) is 4.77. The molecule has 3 atom stereocenters. The topological polar surface area (TPSA) is 57.6 Å². The van der Waals surface area contributed by atoms with Crippen LogP contribution >= 0.6 is 0 Å². The highest BCUT2D eigenvalue weighted by atomic mass is 16.2. The van der Waals surface area contributed by atoms with Crippen molar-refractivity contribution in [1.29, 1.82) is 0 Å². The normalized spacial score (nSPS) is 28.6. The highest BCUT2D eigenvalue weighted by Gasteiger charge is 2.34. The number of carbonyl (C=O) groups is 1. The molecule has 3 aliphatic rings. The number of fused-ring (bicyclic) bond motifs is 4. The molecule has 0 radical (unpaired) electrons. The molecule has 136 valence electrons. The zero-order valence-electron chi connectivity index (χ0n) is 15.2. The van der Waals surface area contributed by atoms with Crippen molar-refractivity contribution in [2.45, 2.75) is 44.3 Å². The summed E-state index contributed by atoms with van der Waals surface area (Å²) in [5, 5.41) is 3.48. The first kappa shape index (κ1) is 16.8. The van der Waals surface area contributed by atoms with Crippen LogP contribution in [0.5, 0.6) is 0 Å². The third-order valence-electron chi connectivity index (χ3n) is 6.05. The molecule has 1 N–H and O–H groups in total.